The van der Waals surface area contributed by atoms with Gasteiger partial charge in [0, 0.05) is 10.9 Å². The second kappa shape index (κ2) is 5.45. The summed E-state index contributed by atoms with van der Waals surface area (Å²) in [5.74, 6) is -0.984. The molecule has 1 unspecified atom stereocenters. The minimum Gasteiger partial charge on any atom is -0.485 e. The summed E-state index contributed by atoms with van der Waals surface area (Å²) in [4.78, 5) is 9.97. The molecule has 7 heteroatoms. The van der Waals surface area contributed by atoms with Crippen LogP contribution in [0.5, 0.6) is 5.75 Å². The maximum atomic E-state index is 13.1. The molecule has 1 aromatic rings. The van der Waals surface area contributed by atoms with Crippen LogP contribution in [0.3, 0.4) is 0 Å². The highest BCUT2D eigenvalue weighted by Crippen LogP contribution is 2.36. The molecule has 0 spiro atoms. The van der Waals surface area contributed by atoms with Crippen LogP contribution in [0.2, 0.25) is 5.02 Å². The molecule has 0 amide bonds. The van der Waals surface area contributed by atoms with Gasteiger partial charge in [0.15, 0.2) is 0 Å². The van der Waals surface area contributed by atoms with Gasteiger partial charge in [0.1, 0.15) is 17.4 Å². The molecule has 0 fully saturated rings. The van der Waals surface area contributed by atoms with Crippen LogP contribution in [0, 0.1) is 15.9 Å². The molecule has 0 radical (unpaired) electrons. The van der Waals surface area contributed by atoms with Crippen LogP contribution in [0.25, 0.3) is 0 Å². The Labute approximate surface area is 105 Å². The molecular formula is C9H8BrClFNO3. The van der Waals surface area contributed by atoms with E-state index in [1.165, 1.54) is 0 Å². The maximum Gasteiger partial charge on any atom is 0.312 e. The molecule has 0 heterocycles. The Hall–Kier alpha value is -0.880. The molecule has 1 rings (SSSR count). The first kappa shape index (κ1) is 13.2. The number of nitro benzene ring substituents is 1. The van der Waals surface area contributed by atoms with Crippen molar-refractivity contribution in [2.45, 2.75) is 11.8 Å². The zero-order valence-corrected chi connectivity index (χ0v) is 10.6. The summed E-state index contributed by atoms with van der Waals surface area (Å²) in [6.07, 6.45) is 0. The largest absolute Gasteiger partial charge is 0.485 e. The van der Waals surface area contributed by atoms with Gasteiger partial charge in [-0.1, -0.05) is 27.5 Å². The number of rotatable bonds is 4. The standard InChI is InChI=1S/C9H8BrClFNO3/c1-5(10)4-16-9-7(13(14)15)3-2-6(12)8(9)11/h2-3,5H,4H2,1H3. The molecule has 0 bridgehead atoms. The van der Waals surface area contributed by atoms with E-state index >= 15 is 0 Å². The predicted octanol–water partition coefficient (Wildman–Crippen LogP) is 3.55. The summed E-state index contributed by atoms with van der Waals surface area (Å²) in [7, 11) is 0. The highest BCUT2D eigenvalue weighted by atomic mass is 79.9. The summed E-state index contributed by atoms with van der Waals surface area (Å²) in [6, 6.07) is 1.96. The third kappa shape index (κ3) is 3.05. The summed E-state index contributed by atoms with van der Waals surface area (Å²) < 4.78 is 18.2. The summed E-state index contributed by atoms with van der Waals surface area (Å²) in [6.45, 7) is 1.95. The average molecular weight is 313 g/mol. The second-order valence-electron chi connectivity index (χ2n) is 3.06. The number of hydrogen-bond acceptors (Lipinski definition) is 3. The first-order chi connectivity index (χ1) is 7.43. The first-order valence-electron chi connectivity index (χ1n) is 4.32. The number of alkyl halides is 1. The van der Waals surface area contributed by atoms with Crippen molar-refractivity contribution in [3.05, 3.63) is 33.1 Å². The van der Waals surface area contributed by atoms with Crippen molar-refractivity contribution in [1.82, 2.24) is 0 Å². The minimum atomic E-state index is -0.746. The van der Waals surface area contributed by atoms with E-state index in [2.05, 4.69) is 15.9 Å². The maximum absolute atomic E-state index is 13.1. The summed E-state index contributed by atoms with van der Waals surface area (Å²) >= 11 is 8.81. The van der Waals surface area contributed by atoms with Gasteiger partial charge in [-0.25, -0.2) is 4.39 Å². The van der Waals surface area contributed by atoms with Crippen molar-refractivity contribution in [3.8, 4) is 5.75 Å². The smallest absolute Gasteiger partial charge is 0.312 e. The summed E-state index contributed by atoms with van der Waals surface area (Å²) in [5.41, 5.74) is -0.348. The molecular weight excluding hydrogens is 304 g/mol. The Bertz CT molecular complexity index is 414. The second-order valence-corrected chi connectivity index (χ2v) is 5.00. The lowest BCUT2D eigenvalue weighted by Crippen LogP contribution is -2.09. The predicted molar refractivity (Wildman–Crippen MR) is 61.9 cm³/mol. The fraction of sp³-hybridized carbons (Fsp3) is 0.333. The SMILES string of the molecule is CC(Br)COc1c([N+](=O)[O-])ccc(F)c1Cl. The van der Waals surface area contributed by atoms with E-state index in [0.717, 1.165) is 12.1 Å². The number of benzene rings is 1. The number of halogens is 3. The van der Waals surface area contributed by atoms with Crippen molar-refractivity contribution in [1.29, 1.82) is 0 Å². The molecule has 0 saturated heterocycles. The van der Waals surface area contributed by atoms with E-state index < -0.39 is 10.7 Å². The van der Waals surface area contributed by atoms with Gasteiger partial charge < -0.3 is 4.74 Å². The van der Waals surface area contributed by atoms with Gasteiger partial charge in [0.25, 0.3) is 0 Å². The van der Waals surface area contributed by atoms with Gasteiger partial charge in [-0.2, -0.15) is 0 Å². The normalized spacial score (nSPS) is 12.2. The van der Waals surface area contributed by atoms with E-state index in [0.29, 0.717) is 0 Å². The van der Waals surface area contributed by atoms with Gasteiger partial charge in [-0.3, -0.25) is 10.1 Å². The molecule has 1 atom stereocenters. The van der Waals surface area contributed by atoms with Gasteiger partial charge >= 0.3 is 5.69 Å². The third-order valence-electron chi connectivity index (χ3n) is 1.68. The zero-order valence-electron chi connectivity index (χ0n) is 8.25. The first-order valence-corrected chi connectivity index (χ1v) is 5.62. The van der Waals surface area contributed by atoms with Crippen LogP contribution in [0.4, 0.5) is 10.1 Å². The lowest BCUT2D eigenvalue weighted by atomic mass is 10.3. The Kier molecular flexibility index (Phi) is 4.49. The Balaban J connectivity index is 3.11. The Morgan fingerprint density at radius 3 is 2.81 bits per heavy atom. The number of hydrogen-bond donors (Lipinski definition) is 0. The zero-order chi connectivity index (χ0) is 12.3. The van der Waals surface area contributed by atoms with Crippen molar-refractivity contribution in [2.24, 2.45) is 0 Å². The highest BCUT2D eigenvalue weighted by molar-refractivity contribution is 9.09. The molecule has 0 aliphatic rings. The third-order valence-corrected chi connectivity index (χ3v) is 2.30. The Morgan fingerprint density at radius 1 is 1.69 bits per heavy atom. The van der Waals surface area contributed by atoms with Crippen LogP contribution in [-0.4, -0.2) is 16.4 Å². The van der Waals surface area contributed by atoms with E-state index in [-0.39, 0.29) is 27.9 Å². The molecule has 0 saturated carbocycles. The monoisotopic (exact) mass is 311 g/mol. The lowest BCUT2D eigenvalue weighted by molar-refractivity contribution is -0.385. The molecule has 0 aliphatic carbocycles. The van der Waals surface area contributed by atoms with Crippen LogP contribution in [0.15, 0.2) is 12.1 Å². The van der Waals surface area contributed by atoms with Gasteiger partial charge in [-0.15, -0.1) is 0 Å². The Morgan fingerprint density at radius 2 is 2.31 bits per heavy atom. The fourth-order valence-electron chi connectivity index (χ4n) is 1.00. The van der Waals surface area contributed by atoms with Gasteiger partial charge in [-0.05, 0) is 13.0 Å². The summed E-state index contributed by atoms with van der Waals surface area (Å²) in [5, 5.41) is 10.3. The van der Waals surface area contributed by atoms with Crippen molar-refractivity contribution >= 4 is 33.2 Å². The lowest BCUT2D eigenvalue weighted by Gasteiger charge is -2.09. The fourth-order valence-corrected chi connectivity index (χ4v) is 1.35. The van der Waals surface area contributed by atoms with Gasteiger partial charge in [0.05, 0.1) is 4.92 Å². The van der Waals surface area contributed by atoms with E-state index in [1.54, 1.807) is 6.92 Å². The average Bonchev–Trinajstić information content (AvgIpc) is 2.19. The molecule has 0 N–H and O–H groups in total. The quantitative estimate of drug-likeness (QED) is 0.485. The number of ether oxygens (including phenoxy) is 1. The van der Waals surface area contributed by atoms with Crippen LogP contribution in [0.1, 0.15) is 6.92 Å². The topological polar surface area (TPSA) is 52.4 Å². The molecule has 88 valence electrons. The van der Waals surface area contributed by atoms with E-state index in [1.807, 2.05) is 0 Å². The van der Waals surface area contributed by atoms with E-state index in [9.17, 15) is 14.5 Å². The van der Waals surface area contributed by atoms with Crippen LogP contribution < -0.4 is 4.74 Å². The van der Waals surface area contributed by atoms with Gasteiger partial charge in [0.2, 0.25) is 5.75 Å². The molecule has 0 aromatic heterocycles. The highest BCUT2D eigenvalue weighted by Gasteiger charge is 2.22. The van der Waals surface area contributed by atoms with E-state index in [4.69, 9.17) is 16.3 Å². The molecule has 1 aromatic carbocycles. The van der Waals surface area contributed by atoms with Crippen molar-refractivity contribution in [2.75, 3.05) is 6.61 Å². The van der Waals surface area contributed by atoms with Crippen molar-refractivity contribution < 1.29 is 14.1 Å². The van der Waals surface area contributed by atoms with Crippen LogP contribution >= 0.6 is 27.5 Å². The minimum absolute atomic E-state index is 0.0218. The number of nitrogens with zero attached hydrogens (tertiary/aromatic N) is 1. The van der Waals surface area contributed by atoms with Crippen molar-refractivity contribution in [3.63, 3.8) is 0 Å². The van der Waals surface area contributed by atoms with Crippen LogP contribution in [-0.2, 0) is 0 Å². The molecule has 0 aliphatic heterocycles. The molecule has 16 heavy (non-hydrogen) atoms. The molecule has 4 nitrogen and oxygen atoms in total. The number of nitro groups is 1.